The third-order valence-corrected chi connectivity index (χ3v) is 23.8. The van der Waals surface area contributed by atoms with E-state index in [9.17, 15) is 28.8 Å². The van der Waals surface area contributed by atoms with Crippen LogP contribution >= 0.6 is 34.2 Å². The zero-order chi connectivity index (χ0) is 76.9. The summed E-state index contributed by atoms with van der Waals surface area (Å²) in [5.74, 6) is -12.7. The number of alkyl halides is 5. The molecule has 2 aliphatic heterocycles. The molecule has 5 aliphatic rings. The smallest absolute Gasteiger partial charge is 0.343 e. The summed E-state index contributed by atoms with van der Waals surface area (Å²) in [4.78, 5) is 189. The van der Waals surface area contributed by atoms with Gasteiger partial charge in [0.05, 0.1) is 32.0 Å². The number of rotatable bonds is 16. The predicted molar refractivity (Wildman–Crippen MR) is 397 cm³/mol. The van der Waals surface area contributed by atoms with Gasteiger partial charge in [-0.15, -0.1) is 11.6 Å². The summed E-state index contributed by atoms with van der Waals surface area (Å²) in [6.07, 6.45) is 4.51. The molecule has 0 radical (unpaired) electrons. The molecule has 13 atom stereocenters. The van der Waals surface area contributed by atoms with Crippen LogP contribution < -0.4 is 21.3 Å². The maximum absolute atomic E-state index is 15.5. The minimum Gasteiger partial charge on any atom is -0.343 e. The highest BCUT2D eigenvalue weighted by Gasteiger charge is 2.49. The van der Waals surface area contributed by atoms with Gasteiger partial charge in [0.2, 0.25) is 70.9 Å². The third-order valence-electron chi connectivity index (χ3n) is 22.2. The summed E-state index contributed by atoms with van der Waals surface area (Å²) in [5, 5.41) is 11.4. The number of likely N-dealkylation sites (N-methyl/N-ethyl adjacent to an activating group) is 7. The fourth-order valence-corrected chi connectivity index (χ4v) is 16.9. The van der Waals surface area contributed by atoms with Crippen molar-refractivity contribution in [2.45, 2.75) is 273 Å². The molecule has 0 spiro atoms. The molecule has 3 aliphatic carbocycles. The molecule has 5 fully saturated rings. The van der Waals surface area contributed by atoms with Crippen LogP contribution in [0.25, 0.3) is 0 Å². The Morgan fingerprint density at radius 3 is 1.72 bits per heavy atom. The Balaban J connectivity index is 1.67. The second-order valence-corrected chi connectivity index (χ2v) is 33.7. The summed E-state index contributed by atoms with van der Waals surface area (Å²) in [7, 11) is 9.67. The maximum Gasteiger partial charge on any atom is 0.392 e. The Bertz CT molecular complexity index is 2890. The number of hydrogen-bond donors (Lipinski definition) is 4. The number of hydrogen-bond acceptors (Lipinski definition) is 12. The van der Waals surface area contributed by atoms with E-state index in [1.54, 1.807) is 25.7 Å². The summed E-state index contributed by atoms with van der Waals surface area (Å²) >= 11 is 8.90. The first kappa shape index (κ1) is 88.1. The van der Waals surface area contributed by atoms with Gasteiger partial charge >= 0.3 is 6.18 Å². The van der Waals surface area contributed by atoms with Crippen molar-refractivity contribution >= 4 is 105 Å². The minimum absolute atomic E-state index is 0.0213. The standard InChI is InChI=1S/C74H123ClF3IN12O12/c1-15-17-28-54-69(99)89(13)58(40-50-25-19-20-27-53(50)74(76,77)78)67(97)82-56(35-45(3)4)70(100)90(14)60(72(102)91-33-21-18-22-34-91)41-62(93)87(11)57(36-46(5)6)68(98)83-65(47(7)16-2)73(103)86(10)43-63(94)84(8)44-64(95)88(12)59(39-48-29-31-51(75)32-30-48)71(101)85(9)42-61(92)80-55(66(96)81-54)38-49-24-23-26-52(79)37-49/h45-60,65H,15-44H2,1-14H3,(H,80,92)(H,81,96)(H,82,97)(H,83,98)/t47-,48?,49?,50?,51?,52?,53?,54-,55-,56-,57-,58-,59-,60-,65-/m0/s1. The lowest BCUT2D eigenvalue weighted by Crippen LogP contribution is -2.61. The van der Waals surface area contributed by atoms with Gasteiger partial charge in [-0.25, -0.2) is 0 Å². The number of likely N-dealkylation sites (tertiary alicyclic amines) is 1. The molecule has 2 heterocycles. The van der Waals surface area contributed by atoms with Gasteiger partial charge in [-0.2, -0.15) is 13.2 Å². The number of carbonyl (C=O) groups is 12. The molecule has 0 aromatic heterocycles. The maximum atomic E-state index is 15.5. The van der Waals surface area contributed by atoms with Gasteiger partial charge in [0.25, 0.3) is 0 Å². The number of nitrogens with one attached hydrogen (secondary N) is 4. The molecule has 4 N–H and O–H groups in total. The van der Waals surface area contributed by atoms with E-state index >= 15 is 41.9 Å². The summed E-state index contributed by atoms with van der Waals surface area (Å²) in [6.45, 7) is 11.7. The molecule has 24 nitrogen and oxygen atoms in total. The number of carbonyl (C=O) groups excluding carboxylic acids is 12. The van der Waals surface area contributed by atoms with Crippen LogP contribution in [0.4, 0.5) is 13.2 Å². The van der Waals surface area contributed by atoms with Crippen LogP contribution in [0.3, 0.4) is 0 Å². The van der Waals surface area contributed by atoms with Crippen LogP contribution in [-0.2, 0) is 57.5 Å². The van der Waals surface area contributed by atoms with Crippen LogP contribution in [0.1, 0.15) is 209 Å². The highest BCUT2D eigenvalue weighted by atomic mass is 127. The quantitative estimate of drug-likeness (QED) is 0.0855. The molecule has 0 aromatic rings. The summed E-state index contributed by atoms with van der Waals surface area (Å²) < 4.78 is 45.6. The van der Waals surface area contributed by atoms with Crippen molar-refractivity contribution in [2.24, 2.45) is 41.4 Å². The topological polar surface area (TPSA) is 279 Å². The van der Waals surface area contributed by atoms with Crippen LogP contribution in [0, 0.1) is 41.4 Å². The van der Waals surface area contributed by atoms with E-state index in [1.165, 1.54) is 64.0 Å². The summed E-state index contributed by atoms with van der Waals surface area (Å²) in [6, 6.07) is -10.9. The lowest BCUT2D eigenvalue weighted by molar-refractivity contribution is -0.198. The molecular formula is C74H123ClF3IN12O12. The van der Waals surface area contributed by atoms with Crippen molar-refractivity contribution in [3.63, 3.8) is 0 Å². The Morgan fingerprint density at radius 2 is 1.12 bits per heavy atom. The number of nitrogens with zero attached hydrogens (tertiary/aromatic N) is 8. The Hall–Kier alpha value is -5.55. The molecule has 0 aromatic carbocycles. The van der Waals surface area contributed by atoms with Crippen LogP contribution in [0.15, 0.2) is 0 Å². The van der Waals surface area contributed by atoms with E-state index in [4.69, 9.17) is 11.6 Å². The van der Waals surface area contributed by atoms with E-state index in [0.717, 1.165) is 51.7 Å². The molecular weight excluding hydrogens is 1470 g/mol. The van der Waals surface area contributed by atoms with E-state index in [1.807, 2.05) is 27.7 Å². The highest BCUT2D eigenvalue weighted by Crippen LogP contribution is 2.44. The monoisotopic (exact) mass is 1590 g/mol. The SMILES string of the molecule is CCCC[C@@H]1NC(=O)[C@H](CC2CCCC(I)C2)NC(=O)CN(C)C(=O)[C@H](CC2CCC(Cl)CC2)N(C)C(=O)CN(C)C(=O)CN(C)C(=O)[C@H]([C@@H](C)CC)NC(=O)[C@H](CC(C)C)N(C)C(=O)C[C@@H](C(=O)N2CCCCC2)N(C)C(=O)[C@H](CC(C)C)NC(=O)[C@H](CC2CCCCC2C(F)(F)F)N(C)C1=O. The van der Waals surface area contributed by atoms with Crippen molar-refractivity contribution in [2.75, 3.05) is 82.1 Å². The first-order valence-corrected chi connectivity index (χ1v) is 39.7. The Labute approximate surface area is 629 Å². The zero-order valence-corrected chi connectivity index (χ0v) is 66.8. The third kappa shape index (κ3) is 26.1. The fraction of sp³-hybridized carbons (Fsp3) is 0.838. The molecule has 2 saturated heterocycles. The zero-order valence-electron chi connectivity index (χ0n) is 63.9. The number of unbranched alkanes of at least 4 members (excludes halogenated alkanes) is 1. The van der Waals surface area contributed by atoms with E-state index in [-0.39, 0.29) is 84.3 Å². The Kier molecular flexibility index (Phi) is 35.5. The highest BCUT2D eigenvalue weighted by molar-refractivity contribution is 14.1. The van der Waals surface area contributed by atoms with Crippen LogP contribution in [0.5, 0.6) is 0 Å². The largest absolute Gasteiger partial charge is 0.392 e. The van der Waals surface area contributed by atoms with Crippen molar-refractivity contribution < 1.29 is 70.7 Å². The van der Waals surface area contributed by atoms with Gasteiger partial charge in [0.15, 0.2) is 0 Å². The number of piperidine rings is 1. The second-order valence-electron chi connectivity index (χ2n) is 31.4. The molecule has 12 amide bonds. The second kappa shape index (κ2) is 41.5. The average molecular weight is 1590 g/mol. The van der Waals surface area contributed by atoms with Gasteiger partial charge in [-0.3, -0.25) is 57.5 Å². The number of halogens is 5. The van der Waals surface area contributed by atoms with Gasteiger partial charge in [-0.1, -0.05) is 116 Å². The first-order chi connectivity index (χ1) is 48.4. The lowest BCUT2D eigenvalue weighted by Gasteiger charge is -2.39. The molecule has 5 rings (SSSR count). The fourth-order valence-electron chi connectivity index (χ4n) is 15.5. The van der Waals surface area contributed by atoms with Crippen molar-refractivity contribution in [1.29, 1.82) is 0 Å². The molecule has 103 heavy (non-hydrogen) atoms. The van der Waals surface area contributed by atoms with Gasteiger partial charge < -0.3 is 60.5 Å². The average Bonchev–Trinajstić information content (AvgIpc) is 0.815. The van der Waals surface area contributed by atoms with Crippen LogP contribution in [0.2, 0.25) is 0 Å². The first-order valence-electron chi connectivity index (χ1n) is 38.0. The summed E-state index contributed by atoms with van der Waals surface area (Å²) in [5.41, 5.74) is 0. The molecule has 4 unspecified atom stereocenters. The van der Waals surface area contributed by atoms with Crippen molar-refractivity contribution in [1.82, 2.24) is 60.5 Å². The minimum atomic E-state index is -4.67. The molecule has 586 valence electrons. The molecule has 29 heteroatoms. The van der Waals surface area contributed by atoms with E-state index < -0.39 is 176 Å². The number of amides is 12. The van der Waals surface area contributed by atoms with Crippen molar-refractivity contribution in [3.05, 3.63) is 0 Å². The molecule has 0 bridgehead atoms. The van der Waals surface area contributed by atoms with E-state index in [2.05, 4.69) is 43.9 Å². The molecule has 3 saturated carbocycles. The van der Waals surface area contributed by atoms with Gasteiger partial charge in [0.1, 0.15) is 48.3 Å². The Morgan fingerprint density at radius 1 is 0.534 bits per heavy atom. The van der Waals surface area contributed by atoms with Crippen molar-refractivity contribution in [3.8, 4) is 0 Å². The predicted octanol–water partition coefficient (Wildman–Crippen LogP) is 7.68. The van der Waals surface area contributed by atoms with E-state index in [0.29, 0.717) is 77.3 Å². The normalized spacial score (nSPS) is 30.4. The van der Waals surface area contributed by atoms with Crippen LogP contribution in [-0.4, -0.2) is 256 Å². The lowest BCUT2D eigenvalue weighted by atomic mass is 9.75. The van der Waals surface area contributed by atoms with Gasteiger partial charge in [-0.05, 0) is 145 Å². The van der Waals surface area contributed by atoms with Gasteiger partial charge in [0, 0.05) is 71.7 Å².